The SMILES string of the molecule is CC(N)Cc1ncn2c1CCCC2C. The maximum absolute atomic E-state index is 5.80. The van der Waals surface area contributed by atoms with Gasteiger partial charge in [0.1, 0.15) is 0 Å². The molecule has 0 saturated heterocycles. The fourth-order valence-corrected chi connectivity index (χ4v) is 2.26. The molecular weight excluding hydrogens is 174 g/mol. The first-order valence-corrected chi connectivity index (χ1v) is 5.48. The summed E-state index contributed by atoms with van der Waals surface area (Å²) in [5.41, 5.74) is 8.43. The van der Waals surface area contributed by atoms with Crippen molar-refractivity contribution in [2.24, 2.45) is 5.73 Å². The highest BCUT2D eigenvalue weighted by Gasteiger charge is 2.19. The zero-order valence-corrected chi connectivity index (χ0v) is 9.03. The smallest absolute Gasteiger partial charge is 0.0954 e. The minimum absolute atomic E-state index is 0.215. The lowest BCUT2D eigenvalue weighted by molar-refractivity contribution is 0.429. The molecule has 1 aromatic rings. The molecule has 3 heteroatoms. The van der Waals surface area contributed by atoms with Crippen LogP contribution >= 0.6 is 0 Å². The van der Waals surface area contributed by atoms with E-state index in [4.69, 9.17) is 5.73 Å². The topological polar surface area (TPSA) is 43.8 Å². The number of fused-ring (bicyclic) bond motifs is 1. The monoisotopic (exact) mass is 193 g/mol. The number of imidazole rings is 1. The van der Waals surface area contributed by atoms with E-state index in [-0.39, 0.29) is 6.04 Å². The Morgan fingerprint density at radius 1 is 1.71 bits per heavy atom. The molecule has 0 fully saturated rings. The molecule has 0 aromatic carbocycles. The Kier molecular flexibility index (Phi) is 2.59. The van der Waals surface area contributed by atoms with Crippen LogP contribution in [-0.2, 0) is 12.8 Å². The molecule has 2 heterocycles. The van der Waals surface area contributed by atoms with Gasteiger partial charge in [0, 0.05) is 24.2 Å². The highest BCUT2D eigenvalue weighted by molar-refractivity contribution is 5.17. The summed E-state index contributed by atoms with van der Waals surface area (Å²) < 4.78 is 2.32. The van der Waals surface area contributed by atoms with Gasteiger partial charge < -0.3 is 10.3 Å². The van der Waals surface area contributed by atoms with E-state index < -0.39 is 0 Å². The Labute approximate surface area is 85.3 Å². The van der Waals surface area contributed by atoms with Crippen LogP contribution < -0.4 is 5.73 Å². The van der Waals surface area contributed by atoms with Gasteiger partial charge in [0.15, 0.2) is 0 Å². The van der Waals surface area contributed by atoms with Crippen LogP contribution in [0.1, 0.15) is 44.1 Å². The van der Waals surface area contributed by atoms with Crippen LogP contribution in [0.25, 0.3) is 0 Å². The molecule has 0 bridgehead atoms. The molecule has 2 atom stereocenters. The van der Waals surface area contributed by atoms with Crippen molar-refractivity contribution in [1.82, 2.24) is 9.55 Å². The van der Waals surface area contributed by atoms with E-state index in [9.17, 15) is 0 Å². The summed E-state index contributed by atoms with van der Waals surface area (Å²) in [6.45, 7) is 4.30. The van der Waals surface area contributed by atoms with E-state index in [1.165, 1.54) is 30.7 Å². The molecule has 2 unspecified atom stereocenters. The summed E-state index contributed by atoms with van der Waals surface area (Å²) in [6, 6.07) is 0.833. The molecule has 0 amide bonds. The average Bonchev–Trinajstić information content (AvgIpc) is 2.49. The third kappa shape index (κ3) is 1.69. The summed E-state index contributed by atoms with van der Waals surface area (Å²) in [4.78, 5) is 4.47. The van der Waals surface area contributed by atoms with E-state index in [0.717, 1.165) is 6.42 Å². The Morgan fingerprint density at radius 3 is 3.21 bits per heavy atom. The number of hydrogen-bond donors (Lipinski definition) is 1. The van der Waals surface area contributed by atoms with Crippen LogP contribution in [0.5, 0.6) is 0 Å². The highest BCUT2D eigenvalue weighted by atomic mass is 15.1. The minimum atomic E-state index is 0.215. The van der Waals surface area contributed by atoms with Gasteiger partial charge in [-0.05, 0) is 33.1 Å². The van der Waals surface area contributed by atoms with Crippen LogP contribution in [-0.4, -0.2) is 15.6 Å². The molecule has 1 aliphatic rings. The van der Waals surface area contributed by atoms with Gasteiger partial charge in [-0.3, -0.25) is 0 Å². The van der Waals surface area contributed by atoms with Crippen molar-refractivity contribution in [3.05, 3.63) is 17.7 Å². The van der Waals surface area contributed by atoms with Crippen molar-refractivity contribution in [2.45, 2.75) is 51.6 Å². The minimum Gasteiger partial charge on any atom is -0.332 e. The fraction of sp³-hybridized carbons (Fsp3) is 0.727. The summed E-state index contributed by atoms with van der Waals surface area (Å²) in [7, 11) is 0. The Hall–Kier alpha value is -0.830. The fourth-order valence-electron chi connectivity index (χ4n) is 2.26. The first kappa shape index (κ1) is 9.71. The summed E-state index contributed by atoms with van der Waals surface area (Å²) in [5, 5.41) is 0. The van der Waals surface area contributed by atoms with Crippen molar-refractivity contribution in [1.29, 1.82) is 0 Å². The van der Waals surface area contributed by atoms with Crippen LogP contribution in [0.3, 0.4) is 0 Å². The highest BCUT2D eigenvalue weighted by Crippen LogP contribution is 2.26. The van der Waals surface area contributed by atoms with Gasteiger partial charge in [-0.1, -0.05) is 0 Å². The largest absolute Gasteiger partial charge is 0.332 e. The Morgan fingerprint density at radius 2 is 2.50 bits per heavy atom. The van der Waals surface area contributed by atoms with E-state index in [1.54, 1.807) is 0 Å². The zero-order chi connectivity index (χ0) is 10.1. The zero-order valence-electron chi connectivity index (χ0n) is 9.03. The first-order valence-electron chi connectivity index (χ1n) is 5.48. The van der Waals surface area contributed by atoms with Gasteiger partial charge in [-0.2, -0.15) is 0 Å². The number of nitrogens with zero attached hydrogens (tertiary/aromatic N) is 2. The molecule has 0 radical (unpaired) electrons. The molecule has 0 saturated carbocycles. The summed E-state index contributed by atoms with van der Waals surface area (Å²) in [5.74, 6) is 0. The van der Waals surface area contributed by atoms with Gasteiger partial charge in [0.05, 0.1) is 12.0 Å². The first-order chi connectivity index (χ1) is 6.68. The molecule has 0 aliphatic carbocycles. The van der Waals surface area contributed by atoms with Crippen LogP contribution in [0, 0.1) is 0 Å². The summed E-state index contributed by atoms with van der Waals surface area (Å²) >= 11 is 0. The molecule has 14 heavy (non-hydrogen) atoms. The normalized spacial score (nSPS) is 23.2. The maximum atomic E-state index is 5.80. The predicted octanol–water partition coefficient (Wildman–Crippen LogP) is 1.67. The number of aromatic nitrogens is 2. The van der Waals surface area contributed by atoms with Gasteiger partial charge in [-0.25, -0.2) is 4.98 Å². The second kappa shape index (κ2) is 3.73. The number of rotatable bonds is 2. The molecule has 3 nitrogen and oxygen atoms in total. The van der Waals surface area contributed by atoms with Crippen molar-refractivity contribution in [3.8, 4) is 0 Å². The molecule has 78 valence electrons. The lowest BCUT2D eigenvalue weighted by atomic mass is 10.0. The van der Waals surface area contributed by atoms with E-state index in [0.29, 0.717) is 6.04 Å². The van der Waals surface area contributed by atoms with Crippen molar-refractivity contribution < 1.29 is 0 Å². The second-order valence-electron chi connectivity index (χ2n) is 4.47. The van der Waals surface area contributed by atoms with Crippen LogP contribution in [0.2, 0.25) is 0 Å². The second-order valence-corrected chi connectivity index (χ2v) is 4.47. The molecule has 2 N–H and O–H groups in total. The van der Waals surface area contributed by atoms with Gasteiger partial charge in [0.25, 0.3) is 0 Å². The third-order valence-corrected chi connectivity index (χ3v) is 3.01. The van der Waals surface area contributed by atoms with Gasteiger partial charge >= 0.3 is 0 Å². The molecule has 0 spiro atoms. The Balaban J connectivity index is 2.26. The van der Waals surface area contributed by atoms with Crippen molar-refractivity contribution in [3.63, 3.8) is 0 Å². The van der Waals surface area contributed by atoms with Gasteiger partial charge in [0.2, 0.25) is 0 Å². The van der Waals surface area contributed by atoms with Crippen LogP contribution in [0.15, 0.2) is 6.33 Å². The van der Waals surface area contributed by atoms with Crippen molar-refractivity contribution >= 4 is 0 Å². The average molecular weight is 193 g/mol. The molecule has 1 aliphatic heterocycles. The van der Waals surface area contributed by atoms with E-state index in [1.807, 2.05) is 13.3 Å². The van der Waals surface area contributed by atoms with Gasteiger partial charge in [-0.15, -0.1) is 0 Å². The number of nitrogens with two attached hydrogens (primary N) is 1. The molecule has 2 rings (SSSR count). The quantitative estimate of drug-likeness (QED) is 0.776. The maximum Gasteiger partial charge on any atom is 0.0954 e. The lowest BCUT2D eigenvalue weighted by Gasteiger charge is -2.22. The molecular formula is C11H19N3. The standard InChI is InChI=1S/C11H19N3/c1-8(12)6-10-11-5-3-4-9(2)14(11)7-13-10/h7-9H,3-6,12H2,1-2H3. The third-order valence-electron chi connectivity index (χ3n) is 3.01. The predicted molar refractivity (Wildman–Crippen MR) is 57.2 cm³/mol. The van der Waals surface area contributed by atoms with E-state index in [2.05, 4.69) is 16.5 Å². The Bertz CT molecular complexity index is 314. The molecule has 1 aromatic heterocycles. The van der Waals surface area contributed by atoms with E-state index >= 15 is 0 Å². The van der Waals surface area contributed by atoms with Crippen LogP contribution in [0.4, 0.5) is 0 Å². The number of hydrogen-bond acceptors (Lipinski definition) is 2. The summed E-state index contributed by atoms with van der Waals surface area (Å²) in [6.07, 6.45) is 6.64. The lowest BCUT2D eigenvalue weighted by Crippen LogP contribution is -2.20. The van der Waals surface area contributed by atoms with Crippen molar-refractivity contribution in [2.75, 3.05) is 0 Å².